The number of nitrogens with one attached hydrogen (secondary N) is 1. The van der Waals surface area contributed by atoms with Crippen molar-refractivity contribution < 1.29 is 26.4 Å². The molecule has 0 unspecified atom stereocenters. The Morgan fingerprint density at radius 1 is 0.824 bits per heavy atom. The third-order valence-corrected chi connectivity index (χ3v) is 10.1. The van der Waals surface area contributed by atoms with E-state index in [2.05, 4.69) is 5.32 Å². The van der Waals surface area contributed by atoms with Crippen molar-refractivity contribution in [1.29, 1.82) is 0 Å². The highest BCUT2D eigenvalue weighted by atomic mass is 32.2. The fourth-order valence-electron chi connectivity index (χ4n) is 4.30. The molecule has 9 nitrogen and oxygen atoms in total. The summed E-state index contributed by atoms with van der Waals surface area (Å²) < 4.78 is 59.3. The van der Waals surface area contributed by atoms with E-state index in [9.17, 15) is 21.6 Å². The minimum absolute atomic E-state index is 0.0849. The van der Waals surface area contributed by atoms with Crippen LogP contribution >= 0.6 is 0 Å². The minimum Gasteiger partial charge on any atom is -0.497 e. The van der Waals surface area contributed by atoms with Gasteiger partial charge in [-0.15, -0.1) is 0 Å². The van der Waals surface area contributed by atoms with Gasteiger partial charge >= 0.3 is 0 Å². The summed E-state index contributed by atoms with van der Waals surface area (Å²) in [6.07, 6.45) is 2.86. The number of nitrogens with zero attached hydrogens (tertiary/aromatic N) is 2. The Bertz CT molecular complexity index is 1220. The summed E-state index contributed by atoms with van der Waals surface area (Å²) in [7, 11) is -5.74. The lowest BCUT2D eigenvalue weighted by Gasteiger charge is -2.31. The second-order valence-corrected chi connectivity index (χ2v) is 12.4. The molecule has 2 fully saturated rings. The topological polar surface area (TPSA) is 113 Å². The normalized spacial score (nSPS) is 20.2. The SMILES string of the molecule is COc1ccc(S(=O)(=O)N2CCC[C@@H](C(=O)Nc3ccc(S(=O)(=O)N4CCCC4)cc3)C2)cc1. The van der Waals surface area contributed by atoms with E-state index >= 15 is 0 Å². The summed E-state index contributed by atoms with van der Waals surface area (Å²) in [5.74, 6) is -0.228. The van der Waals surface area contributed by atoms with E-state index in [1.807, 2.05) is 0 Å². The number of anilines is 1. The van der Waals surface area contributed by atoms with Crippen molar-refractivity contribution in [1.82, 2.24) is 8.61 Å². The van der Waals surface area contributed by atoms with Crippen LogP contribution in [-0.2, 0) is 24.8 Å². The van der Waals surface area contributed by atoms with E-state index in [1.54, 1.807) is 24.3 Å². The first-order chi connectivity index (χ1) is 16.2. The molecule has 0 saturated carbocycles. The van der Waals surface area contributed by atoms with Gasteiger partial charge in [-0.2, -0.15) is 8.61 Å². The largest absolute Gasteiger partial charge is 0.497 e. The first-order valence-corrected chi connectivity index (χ1v) is 14.1. The van der Waals surface area contributed by atoms with Gasteiger partial charge in [0.25, 0.3) is 0 Å². The Labute approximate surface area is 200 Å². The van der Waals surface area contributed by atoms with Gasteiger partial charge in [-0.05, 0) is 74.2 Å². The summed E-state index contributed by atoms with van der Waals surface area (Å²) in [6, 6.07) is 12.3. The number of sulfonamides is 2. The smallest absolute Gasteiger partial charge is 0.243 e. The fourth-order valence-corrected chi connectivity index (χ4v) is 7.34. The van der Waals surface area contributed by atoms with Crippen molar-refractivity contribution in [2.24, 2.45) is 5.92 Å². The van der Waals surface area contributed by atoms with Crippen LogP contribution in [0.15, 0.2) is 58.3 Å². The van der Waals surface area contributed by atoms with Crippen LogP contribution in [0.4, 0.5) is 5.69 Å². The lowest BCUT2D eigenvalue weighted by Crippen LogP contribution is -2.43. The number of hydrogen-bond donors (Lipinski definition) is 1. The van der Waals surface area contributed by atoms with Crippen molar-refractivity contribution in [3.05, 3.63) is 48.5 Å². The summed E-state index contributed by atoms with van der Waals surface area (Å²) in [4.78, 5) is 13.2. The minimum atomic E-state index is -3.73. The van der Waals surface area contributed by atoms with Crippen LogP contribution in [0.25, 0.3) is 0 Å². The van der Waals surface area contributed by atoms with Crippen molar-refractivity contribution in [3.63, 3.8) is 0 Å². The molecule has 2 aliphatic heterocycles. The molecule has 184 valence electrons. The molecule has 0 spiro atoms. The number of carbonyl (C=O) groups is 1. The Hall–Kier alpha value is -2.47. The third kappa shape index (κ3) is 5.12. The Kier molecular flexibility index (Phi) is 7.27. The Balaban J connectivity index is 1.41. The number of hydrogen-bond acceptors (Lipinski definition) is 6. The first kappa shape index (κ1) is 24.6. The number of benzene rings is 2. The van der Waals surface area contributed by atoms with E-state index in [-0.39, 0.29) is 22.2 Å². The maximum atomic E-state index is 13.0. The van der Waals surface area contributed by atoms with E-state index in [1.165, 1.54) is 40.0 Å². The molecular formula is C23H29N3O6S2. The van der Waals surface area contributed by atoms with Gasteiger partial charge in [0.2, 0.25) is 26.0 Å². The van der Waals surface area contributed by atoms with Gasteiger partial charge in [0.05, 0.1) is 22.8 Å². The molecule has 0 radical (unpaired) electrons. The number of ether oxygens (including phenoxy) is 1. The predicted molar refractivity (Wildman–Crippen MR) is 128 cm³/mol. The molecule has 0 aliphatic carbocycles. The van der Waals surface area contributed by atoms with Crippen LogP contribution in [0.3, 0.4) is 0 Å². The molecule has 1 N–H and O–H groups in total. The maximum Gasteiger partial charge on any atom is 0.243 e. The molecule has 2 saturated heterocycles. The van der Waals surface area contributed by atoms with E-state index in [0.717, 1.165) is 12.8 Å². The second kappa shape index (κ2) is 10.0. The van der Waals surface area contributed by atoms with Crippen LogP contribution in [-0.4, -0.2) is 64.6 Å². The van der Waals surface area contributed by atoms with Crippen molar-refractivity contribution in [3.8, 4) is 5.75 Å². The lowest BCUT2D eigenvalue weighted by molar-refractivity contribution is -0.120. The average Bonchev–Trinajstić information content (AvgIpc) is 3.41. The molecule has 4 rings (SSSR count). The summed E-state index contributed by atoms with van der Waals surface area (Å²) in [5, 5.41) is 2.80. The van der Waals surface area contributed by atoms with Gasteiger partial charge in [-0.1, -0.05) is 0 Å². The van der Waals surface area contributed by atoms with Gasteiger partial charge in [0.1, 0.15) is 5.75 Å². The molecule has 2 aromatic carbocycles. The molecule has 0 bridgehead atoms. The van der Waals surface area contributed by atoms with Crippen LogP contribution in [0.1, 0.15) is 25.7 Å². The number of piperidine rings is 1. The van der Waals surface area contributed by atoms with Gasteiger partial charge in [0, 0.05) is 31.9 Å². The van der Waals surface area contributed by atoms with Gasteiger partial charge < -0.3 is 10.1 Å². The Morgan fingerprint density at radius 2 is 1.35 bits per heavy atom. The first-order valence-electron chi connectivity index (χ1n) is 11.3. The van der Waals surface area contributed by atoms with Gasteiger partial charge in [-0.25, -0.2) is 16.8 Å². The van der Waals surface area contributed by atoms with Crippen LogP contribution in [0.5, 0.6) is 5.75 Å². The predicted octanol–water partition coefficient (Wildman–Crippen LogP) is 2.52. The van der Waals surface area contributed by atoms with E-state index < -0.39 is 26.0 Å². The van der Waals surface area contributed by atoms with Crippen molar-refractivity contribution in [2.45, 2.75) is 35.5 Å². The lowest BCUT2D eigenvalue weighted by atomic mass is 9.99. The fraction of sp³-hybridized carbons (Fsp3) is 0.435. The highest BCUT2D eigenvalue weighted by Crippen LogP contribution is 2.27. The molecule has 1 atom stereocenters. The average molecular weight is 508 g/mol. The summed E-state index contributed by atoms with van der Waals surface area (Å²) >= 11 is 0. The number of methoxy groups -OCH3 is 1. The Morgan fingerprint density at radius 3 is 1.94 bits per heavy atom. The molecular weight excluding hydrogens is 478 g/mol. The standard InChI is InChI=1S/C23H29N3O6S2/c1-32-20-8-12-22(13-9-20)34(30,31)26-16-4-5-18(17-26)23(27)24-19-6-10-21(11-7-19)33(28,29)25-14-2-3-15-25/h6-13,18H,2-5,14-17H2,1H3,(H,24,27)/t18-/m1/s1. The van der Waals surface area contributed by atoms with Crippen LogP contribution in [0.2, 0.25) is 0 Å². The highest BCUT2D eigenvalue weighted by molar-refractivity contribution is 7.89. The zero-order chi connectivity index (χ0) is 24.3. The van der Waals surface area contributed by atoms with E-state index in [4.69, 9.17) is 4.74 Å². The number of rotatable bonds is 7. The van der Waals surface area contributed by atoms with Gasteiger partial charge in [-0.3, -0.25) is 4.79 Å². The molecule has 2 aliphatic rings. The summed E-state index contributed by atoms with van der Waals surface area (Å²) in [5.41, 5.74) is 0.473. The molecule has 2 heterocycles. The van der Waals surface area contributed by atoms with Crippen LogP contribution < -0.4 is 10.1 Å². The van der Waals surface area contributed by atoms with Crippen molar-refractivity contribution in [2.75, 3.05) is 38.6 Å². The summed E-state index contributed by atoms with van der Waals surface area (Å²) in [6.45, 7) is 1.49. The molecule has 0 aromatic heterocycles. The van der Waals surface area contributed by atoms with Crippen molar-refractivity contribution >= 4 is 31.6 Å². The number of carbonyl (C=O) groups excluding carboxylic acids is 1. The molecule has 34 heavy (non-hydrogen) atoms. The molecule has 2 aromatic rings. The van der Waals surface area contributed by atoms with Crippen LogP contribution in [0, 0.1) is 5.92 Å². The highest BCUT2D eigenvalue weighted by Gasteiger charge is 2.33. The quantitative estimate of drug-likeness (QED) is 0.616. The monoisotopic (exact) mass is 507 g/mol. The second-order valence-electron chi connectivity index (χ2n) is 8.50. The third-order valence-electron chi connectivity index (χ3n) is 6.28. The zero-order valence-electron chi connectivity index (χ0n) is 19.0. The maximum absolute atomic E-state index is 13.0. The van der Waals surface area contributed by atoms with E-state index in [0.29, 0.717) is 43.9 Å². The number of amides is 1. The van der Waals surface area contributed by atoms with Gasteiger partial charge in [0.15, 0.2) is 0 Å². The zero-order valence-corrected chi connectivity index (χ0v) is 20.6. The molecule has 11 heteroatoms. The molecule has 1 amide bonds.